The number of piperidine rings is 1. The van der Waals surface area contributed by atoms with E-state index in [1.54, 1.807) is 19.1 Å². The van der Waals surface area contributed by atoms with Gasteiger partial charge in [-0.2, -0.15) is 4.31 Å². The number of sulfonamides is 1. The molecule has 128 valence electrons. The first-order chi connectivity index (χ1) is 11.5. The summed E-state index contributed by atoms with van der Waals surface area (Å²) in [6, 6.07) is 4.70. The van der Waals surface area contributed by atoms with Gasteiger partial charge in [-0.3, -0.25) is 0 Å². The third kappa shape index (κ3) is 2.63. The maximum absolute atomic E-state index is 12.8. The molecule has 2 aliphatic heterocycles. The lowest BCUT2D eigenvalue weighted by atomic mass is 9.98. The van der Waals surface area contributed by atoms with Crippen LogP contribution >= 0.6 is 0 Å². The number of rotatable bonds is 3. The van der Waals surface area contributed by atoms with Crippen molar-refractivity contribution in [3.05, 3.63) is 30.0 Å². The Balaban J connectivity index is 1.50. The summed E-state index contributed by atoms with van der Waals surface area (Å²) < 4.78 is 43.1. The molecule has 0 N–H and O–H groups in total. The van der Waals surface area contributed by atoms with Crippen LogP contribution in [0, 0.1) is 6.92 Å². The summed E-state index contributed by atoms with van der Waals surface area (Å²) in [4.78, 5) is 0.221. The number of hydrogen-bond donors (Lipinski definition) is 0. The van der Waals surface area contributed by atoms with Gasteiger partial charge >= 0.3 is 0 Å². The van der Waals surface area contributed by atoms with Crippen LogP contribution < -0.4 is 9.47 Å². The Bertz CT molecular complexity index is 856. The molecule has 0 unspecified atom stereocenters. The van der Waals surface area contributed by atoms with Crippen LogP contribution in [0.4, 0.5) is 0 Å². The Morgan fingerprint density at radius 2 is 1.88 bits per heavy atom. The highest BCUT2D eigenvalue weighted by molar-refractivity contribution is 7.89. The van der Waals surface area contributed by atoms with Crippen molar-refractivity contribution in [3.63, 3.8) is 0 Å². The van der Waals surface area contributed by atoms with Gasteiger partial charge in [-0.25, -0.2) is 8.42 Å². The monoisotopic (exact) mass is 351 g/mol. The molecular weight excluding hydrogens is 334 g/mol. The van der Waals surface area contributed by atoms with Crippen molar-refractivity contribution in [2.24, 2.45) is 0 Å². The molecule has 0 saturated carbocycles. The van der Waals surface area contributed by atoms with Crippen LogP contribution in [0.1, 0.15) is 30.5 Å². The summed E-state index contributed by atoms with van der Waals surface area (Å²) in [5.41, 5.74) is 0. The molecule has 1 fully saturated rings. The van der Waals surface area contributed by atoms with Crippen molar-refractivity contribution in [1.82, 2.24) is 14.5 Å². The van der Waals surface area contributed by atoms with Gasteiger partial charge in [0.05, 0.1) is 4.90 Å². The van der Waals surface area contributed by atoms with Crippen LogP contribution in [0.5, 0.6) is 11.5 Å². The standard InChI is InChI=1S/C15H17N3O5S/c1-10-16-17-15(23-10)11-4-6-18(7-5-11)24(19,20)12-2-3-13-14(8-12)22-9-21-13/h2-3,8,11H,4-7,9H2,1H3. The van der Waals surface area contributed by atoms with E-state index in [4.69, 9.17) is 13.9 Å². The summed E-state index contributed by atoms with van der Waals surface area (Å²) in [5, 5.41) is 7.88. The molecule has 1 saturated heterocycles. The third-order valence-corrected chi connectivity index (χ3v) is 6.22. The summed E-state index contributed by atoms with van der Waals surface area (Å²) in [7, 11) is -3.55. The molecule has 24 heavy (non-hydrogen) atoms. The van der Waals surface area contributed by atoms with Gasteiger partial charge in [0.2, 0.25) is 28.6 Å². The minimum Gasteiger partial charge on any atom is -0.454 e. The molecule has 3 heterocycles. The summed E-state index contributed by atoms with van der Waals surface area (Å²) >= 11 is 0. The minimum absolute atomic E-state index is 0.106. The molecule has 0 spiro atoms. The Morgan fingerprint density at radius 1 is 1.12 bits per heavy atom. The van der Waals surface area contributed by atoms with E-state index in [-0.39, 0.29) is 17.6 Å². The van der Waals surface area contributed by atoms with Crippen molar-refractivity contribution in [3.8, 4) is 11.5 Å². The predicted molar refractivity (Wildman–Crippen MR) is 82.3 cm³/mol. The number of benzene rings is 1. The topological polar surface area (TPSA) is 94.8 Å². The zero-order valence-corrected chi connectivity index (χ0v) is 14.0. The maximum Gasteiger partial charge on any atom is 0.243 e. The summed E-state index contributed by atoms with van der Waals surface area (Å²) in [6.07, 6.45) is 1.32. The SMILES string of the molecule is Cc1nnc(C2CCN(S(=O)(=O)c3ccc4c(c3)OCO4)CC2)o1. The molecule has 1 aromatic heterocycles. The van der Waals surface area contributed by atoms with Crippen molar-refractivity contribution in [1.29, 1.82) is 0 Å². The van der Waals surface area contributed by atoms with Crippen molar-refractivity contribution < 1.29 is 22.3 Å². The quantitative estimate of drug-likeness (QED) is 0.830. The molecule has 9 heteroatoms. The molecule has 0 atom stereocenters. The second kappa shape index (κ2) is 5.75. The van der Waals surface area contributed by atoms with Crippen LogP contribution in [-0.2, 0) is 10.0 Å². The molecule has 0 bridgehead atoms. The molecule has 8 nitrogen and oxygen atoms in total. The zero-order valence-electron chi connectivity index (χ0n) is 13.1. The van der Waals surface area contributed by atoms with Crippen LogP contribution in [0.25, 0.3) is 0 Å². The Hall–Kier alpha value is -2.13. The highest BCUT2D eigenvalue weighted by Crippen LogP contribution is 2.36. The molecule has 4 rings (SSSR count). The van der Waals surface area contributed by atoms with E-state index in [1.807, 2.05) is 0 Å². The van der Waals surface area contributed by atoms with Gasteiger partial charge in [0.25, 0.3) is 0 Å². The van der Waals surface area contributed by atoms with E-state index in [0.29, 0.717) is 49.2 Å². The lowest BCUT2D eigenvalue weighted by Gasteiger charge is -2.29. The van der Waals surface area contributed by atoms with E-state index in [9.17, 15) is 8.42 Å². The molecule has 2 aromatic rings. The van der Waals surface area contributed by atoms with Crippen molar-refractivity contribution >= 4 is 10.0 Å². The number of aromatic nitrogens is 2. The molecule has 0 radical (unpaired) electrons. The molecule has 0 aliphatic carbocycles. The first kappa shape index (κ1) is 15.4. The molecule has 0 amide bonds. The minimum atomic E-state index is -3.55. The second-order valence-electron chi connectivity index (χ2n) is 5.85. The fourth-order valence-electron chi connectivity index (χ4n) is 3.01. The van der Waals surface area contributed by atoms with Crippen molar-refractivity contribution in [2.75, 3.05) is 19.9 Å². The van der Waals surface area contributed by atoms with Crippen LogP contribution in [0.15, 0.2) is 27.5 Å². The lowest BCUT2D eigenvalue weighted by molar-refractivity contribution is 0.174. The maximum atomic E-state index is 12.8. The molecule has 2 aliphatic rings. The van der Waals surface area contributed by atoms with Gasteiger partial charge in [0.1, 0.15) is 0 Å². The number of aryl methyl sites for hydroxylation is 1. The van der Waals surface area contributed by atoms with Gasteiger partial charge in [-0.1, -0.05) is 0 Å². The highest BCUT2D eigenvalue weighted by atomic mass is 32.2. The number of hydrogen-bond acceptors (Lipinski definition) is 7. The average Bonchev–Trinajstić information content (AvgIpc) is 3.23. The smallest absolute Gasteiger partial charge is 0.243 e. The van der Waals surface area contributed by atoms with Gasteiger partial charge in [0.15, 0.2) is 11.5 Å². The summed E-state index contributed by atoms with van der Waals surface area (Å²) in [6.45, 7) is 2.70. The van der Waals surface area contributed by atoms with Crippen LogP contribution in [-0.4, -0.2) is 42.8 Å². The largest absolute Gasteiger partial charge is 0.454 e. The fraction of sp³-hybridized carbons (Fsp3) is 0.467. The van der Waals surface area contributed by atoms with Gasteiger partial charge in [-0.15, -0.1) is 10.2 Å². The average molecular weight is 351 g/mol. The van der Waals surface area contributed by atoms with Crippen LogP contribution in [0.3, 0.4) is 0 Å². The van der Waals surface area contributed by atoms with Gasteiger partial charge in [-0.05, 0) is 25.0 Å². The lowest BCUT2D eigenvalue weighted by Crippen LogP contribution is -2.37. The first-order valence-corrected chi connectivity index (χ1v) is 9.18. The number of ether oxygens (including phenoxy) is 2. The fourth-order valence-corrected chi connectivity index (χ4v) is 4.49. The predicted octanol–water partition coefficient (Wildman–Crippen LogP) is 1.68. The summed E-state index contributed by atoms with van der Waals surface area (Å²) in [5.74, 6) is 2.26. The Labute approximate surface area is 139 Å². The highest BCUT2D eigenvalue weighted by Gasteiger charge is 2.32. The first-order valence-electron chi connectivity index (χ1n) is 7.74. The molecule has 1 aromatic carbocycles. The van der Waals surface area contributed by atoms with E-state index in [1.165, 1.54) is 10.4 Å². The Kier molecular flexibility index (Phi) is 3.69. The van der Waals surface area contributed by atoms with E-state index >= 15 is 0 Å². The van der Waals surface area contributed by atoms with E-state index < -0.39 is 10.0 Å². The van der Waals surface area contributed by atoms with Crippen molar-refractivity contribution in [2.45, 2.75) is 30.6 Å². The normalized spacial score (nSPS) is 18.9. The number of fused-ring (bicyclic) bond motifs is 1. The van der Waals surface area contributed by atoms with Crippen LogP contribution in [0.2, 0.25) is 0 Å². The third-order valence-electron chi connectivity index (χ3n) is 4.33. The Morgan fingerprint density at radius 3 is 2.58 bits per heavy atom. The number of nitrogens with zero attached hydrogens (tertiary/aromatic N) is 3. The zero-order chi connectivity index (χ0) is 16.7. The van der Waals surface area contributed by atoms with E-state index in [2.05, 4.69) is 10.2 Å². The van der Waals surface area contributed by atoms with E-state index in [0.717, 1.165) is 0 Å². The van der Waals surface area contributed by atoms with Gasteiger partial charge in [0, 0.05) is 32.0 Å². The van der Waals surface area contributed by atoms with Gasteiger partial charge < -0.3 is 13.9 Å². The second-order valence-corrected chi connectivity index (χ2v) is 7.79. The molecular formula is C15H17N3O5S.